The van der Waals surface area contributed by atoms with Gasteiger partial charge >= 0.3 is 0 Å². The first kappa shape index (κ1) is 12.6. The maximum absolute atomic E-state index is 11.9. The van der Waals surface area contributed by atoms with Crippen LogP contribution in [-0.4, -0.2) is 18.4 Å². The zero-order valence-corrected chi connectivity index (χ0v) is 9.48. The van der Waals surface area contributed by atoms with Crippen LogP contribution in [0, 0.1) is 0 Å². The van der Waals surface area contributed by atoms with Gasteiger partial charge in [-0.05, 0) is 12.1 Å². The quantitative estimate of drug-likeness (QED) is 0.816. The molecular formula is C10H11Cl2FO2. The van der Waals surface area contributed by atoms with E-state index in [4.69, 9.17) is 33.0 Å². The fourth-order valence-corrected chi connectivity index (χ4v) is 1.71. The molecule has 0 aliphatic heterocycles. The van der Waals surface area contributed by atoms with Crippen molar-refractivity contribution in [3.63, 3.8) is 0 Å². The second-order valence-electron chi connectivity index (χ2n) is 2.92. The molecule has 1 aromatic rings. The molecule has 0 aliphatic rings. The molecule has 0 aliphatic carbocycles. The summed E-state index contributed by atoms with van der Waals surface area (Å²) in [6.07, 6.45) is 0.295. The molecule has 0 aromatic heterocycles. The van der Waals surface area contributed by atoms with Crippen LogP contribution in [0.2, 0.25) is 10.0 Å². The number of aliphatic hydroxyl groups excluding tert-OH is 1. The molecule has 1 rings (SSSR count). The summed E-state index contributed by atoms with van der Waals surface area (Å²) in [6, 6.07) is 3.09. The molecule has 0 amide bonds. The van der Waals surface area contributed by atoms with Crippen molar-refractivity contribution in [1.29, 1.82) is 0 Å². The van der Waals surface area contributed by atoms with E-state index in [-0.39, 0.29) is 13.2 Å². The van der Waals surface area contributed by atoms with Crippen LogP contribution < -0.4 is 4.74 Å². The van der Waals surface area contributed by atoms with Gasteiger partial charge in [-0.25, -0.2) is 0 Å². The van der Waals surface area contributed by atoms with E-state index in [0.717, 1.165) is 0 Å². The molecule has 0 radical (unpaired) electrons. The number of aliphatic hydroxyl groups is 1. The minimum atomic E-state index is -0.445. The van der Waals surface area contributed by atoms with Crippen molar-refractivity contribution >= 4 is 23.2 Å². The average molecular weight is 253 g/mol. The third-order valence-electron chi connectivity index (χ3n) is 1.78. The Balaban J connectivity index is 2.84. The monoisotopic (exact) mass is 252 g/mol. The van der Waals surface area contributed by atoms with E-state index >= 15 is 0 Å². The number of alkyl halides is 1. The van der Waals surface area contributed by atoms with Gasteiger partial charge in [-0.1, -0.05) is 23.2 Å². The Morgan fingerprint density at radius 2 is 2.07 bits per heavy atom. The highest BCUT2D eigenvalue weighted by molar-refractivity contribution is 6.35. The summed E-state index contributed by atoms with van der Waals surface area (Å²) in [5.41, 5.74) is 0.506. The topological polar surface area (TPSA) is 29.5 Å². The number of rotatable bonds is 5. The molecule has 0 atom stereocenters. The van der Waals surface area contributed by atoms with E-state index in [1.807, 2.05) is 0 Å². The minimum absolute atomic E-state index is 0.217. The second kappa shape index (κ2) is 6.16. The molecule has 5 heteroatoms. The van der Waals surface area contributed by atoms with Crippen molar-refractivity contribution in [2.24, 2.45) is 0 Å². The average Bonchev–Trinajstić information content (AvgIpc) is 2.20. The summed E-state index contributed by atoms with van der Waals surface area (Å²) in [7, 11) is 0. The molecule has 84 valence electrons. The third kappa shape index (κ3) is 3.52. The molecule has 2 nitrogen and oxygen atoms in total. The van der Waals surface area contributed by atoms with Gasteiger partial charge < -0.3 is 9.84 Å². The highest BCUT2D eigenvalue weighted by atomic mass is 35.5. The molecule has 1 N–H and O–H groups in total. The van der Waals surface area contributed by atoms with E-state index in [0.29, 0.717) is 27.8 Å². The number of benzene rings is 1. The second-order valence-corrected chi connectivity index (χ2v) is 3.77. The first-order chi connectivity index (χ1) is 7.19. The molecule has 0 spiro atoms. The van der Waals surface area contributed by atoms with Crippen LogP contribution in [0.4, 0.5) is 4.39 Å². The Morgan fingerprint density at radius 1 is 1.33 bits per heavy atom. The van der Waals surface area contributed by atoms with Gasteiger partial charge in [0.05, 0.1) is 24.9 Å². The van der Waals surface area contributed by atoms with Gasteiger partial charge in [-0.3, -0.25) is 4.39 Å². The molecule has 15 heavy (non-hydrogen) atoms. The van der Waals surface area contributed by atoms with Crippen molar-refractivity contribution in [2.75, 3.05) is 13.3 Å². The predicted octanol–water partition coefficient (Wildman–Crippen LogP) is 3.22. The highest BCUT2D eigenvalue weighted by Gasteiger charge is 2.09. The van der Waals surface area contributed by atoms with Gasteiger partial charge in [0.2, 0.25) is 0 Å². The summed E-state index contributed by atoms with van der Waals surface area (Å²) < 4.78 is 17.1. The Hall–Kier alpha value is -0.510. The minimum Gasteiger partial charge on any atom is -0.492 e. The lowest BCUT2D eigenvalue weighted by molar-refractivity contribution is 0.256. The maximum atomic E-state index is 11.9. The highest BCUT2D eigenvalue weighted by Crippen LogP contribution is 2.32. The zero-order chi connectivity index (χ0) is 11.3. The number of hydrogen-bond acceptors (Lipinski definition) is 2. The standard InChI is InChI=1S/C10H11Cl2FO2/c11-8-4-7(6-14)10(9(12)5-8)15-3-1-2-13/h4-5,14H,1-3,6H2. The molecule has 0 saturated carbocycles. The van der Waals surface area contributed by atoms with Crippen LogP contribution in [0.1, 0.15) is 12.0 Å². The largest absolute Gasteiger partial charge is 0.492 e. The van der Waals surface area contributed by atoms with Gasteiger partial charge in [0.1, 0.15) is 5.75 Å². The predicted molar refractivity (Wildman–Crippen MR) is 58.5 cm³/mol. The zero-order valence-electron chi connectivity index (χ0n) is 7.97. The first-order valence-electron chi connectivity index (χ1n) is 4.46. The molecule has 0 saturated heterocycles. The lowest BCUT2D eigenvalue weighted by Gasteiger charge is -2.11. The van der Waals surface area contributed by atoms with Gasteiger partial charge in [-0.2, -0.15) is 0 Å². The number of ether oxygens (including phenoxy) is 1. The molecule has 0 unspecified atom stereocenters. The summed E-state index contributed by atoms with van der Waals surface area (Å²) in [6.45, 7) is -0.435. The van der Waals surface area contributed by atoms with Gasteiger partial charge in [-0.15, -0.1) is 0 Å². The molecule has 0 bridgehead atoms. The Labute approximate surface area is 97.6 Å². The van der Waals surface area contributed by atoms with E-state index in [1.165, 1.54) is 6.07 Å². The molecular weight excluding hydrogens is 242 g/mol. The fourth-order valence-electron chi connectivity index (χ4n) is 1.12. The van der Waals surface area contributed by atoms with Crippen LogP contribution in [0.25, 0.3) is 0 Å². The lowest BCUT2D eigenvalue weighted by Crippen LogP contribution is -2.02. The van der Waals surface area contributed by atoms with E-state index < -0.39 is 6.67 Å². The van der Waals surface area contributed by atoms with Crippen LogP contribution in [0.5, 0.6) is 5.75 Å². The number of hydrogen-bond donors (Lipinski definition) is 1. The number of halogens is 3. The lowest BCUT2D eigenvalue weighted by atomic mass is 10.2. The maximum Gasteiger partial charge on any atom is 0.143 e. The SMILES string of the molecule is OCc1cc(Cl)cc(Cl)c1OCCCF. The first-order valence-corrected chi connectivity index (χ1v) is 5.22. The van der Waals surface area contributed by atoms with E-state index in [2.05, 4.69) is 0 Å². The smallest absolute Gasteiger partial charge is 0.143 e. The van der Waals surface area contributed by atoms with Crippen LogP contribution >= 0.6 is 23.2 Å². The fraction of sp³-hybridized carbons (Fsp3) is 0.400. The Kier molecular flexibility index (Phi) is 5.15. The van der Waals surface area contributed by atoms with E-state index in [9.17, 15) is 4.39 Å². The van der Waals surface area contributed by atoms with Gasteiger partial charge in [0, 0.05) is 17.0 Å². The third-order valence-corrected chi connectivity index (χ3v) is 2.28. The molecule has 0 fully saturated rings. The Bertz CT molecular complexity index is 331. The molecule has 0 heterocycles. The van der Waals surface area contributed by atoms with Crippen LogP contribution in [0.15, 0.2) is 12.1 Å². The normalized spacial score (nSPS) is 10.4. The van der Waals surface area contributed by atoms with Crippen molar-refractivity contribution in [3.8, 4) is 5.75 Å². The van der Waals surface area contributed by atoms with Crippen LogP contribution in [-0.2, 0) is 6.61 Å². The van der Waals surface area contributed by atoms with E-state index in [1.54, 1.807) is 6.07 Å². The van der Waals surface area contributed by atoms with Crippen molar-refractivity contribution in [3.05, 3.63) is 27.7 Å². The van der Waals surface area contributed by atoms with Crippen LogP contribution in [0.3, 0.4) is 0 Å². The molecule has 1 aromatic carbocycles. The van der Waals surface area contributed by atoms with Gasteiger partial charge in [0.25, 0.3) is 0 Å². The Morgan fingerprint density at radius 3 is 2.67 bits per heavy atom. The van der Waals surface area contributed by atoms with Crippen molar-refractivity contribution in [2.45, 2.75) is 13.0 Å². The summed E-state index contributed by atoms with van der Waals surface area (Å²) in [5.74, 6) is 0.372. The summed E-state index contributed by atoms with van der Waals surface area (Å²) in [4.78, 5) is 0. The van der Waals surface area contributed by atoms with Crippen molar-refractivity contribution in [1.82, 2.24) is 0 Å². The van der Waals surface area contributed by atoms with Gasteiger partial charge in [0.15, 0.2) is 0 Å². The summed E-state index contributed by atoms with van der Waals surface area (Å²) in [5, 5.41) is 9.81. The van der Waals surface area contributed by atoms with Crippen molar-refractivity contribution < 1.29 is 14.2 Å². The summed E-state index contributed by atoms with van der Waals surface area (Å²) >= 11 is 11.6.